The number of benzene rings is 2. The first-order valence-corrected chi connectivity index (χ1v) is 9.22. The fourth-order valence-electron chi connectivity index (χ4n) is 2.02. The van der Waals surface area contributed by atoms with Crippen LogP contribution in [0.5, 0.6) is 5.75 Å². The maximum atomic E-state index is 11.9. The Labute approximate surface area is 163 Å². The van der Waals surface area contributed by atoms with E-state index in [1.807, 2.05) is 0 Å². The molecule has 134 valence electrons. The smallest absolute Gasteiger partial charge is 0.277 e. The molecule has 2 aromatic carbocycles. The van der Waals surface area contributed by atoms with Crippen LogP contribution in [0.2, 0.25) is 10.0 Å². The van der Waals surface area contributed by atoms with Gasteiger partial charge in [0.05, 0.1) is 15.8 Å². The SMILES string of the molecule is O=C(CSc1nnc(-c2ccc(O)cc2)o1)NCc1ccc(Cl)c(Cl)c1. The molecule has 0 bridgehead atoms. The van der Waals surface area contributed by atoms with Gasteiger partial charge in [-0.1, -0.05) is 41.0 Å². The molecule has 0 unspecified atom stereocenters. The topological polar surface area (TPSA) is 88.2 Å². The molecule has 1 heterocycles. The van der Waals surface area contributed by atoms with E-state index in [0.717, 1.165) is 17.3 Å². The third-order valence-electron chi connectivity index (χ3n) is 3.32. The number of nitrogens with one attached hydrogen (secondary N) is 1. The first kappa shape index (κ1) is 18.6. The van der Waals surface area contributed by atoms with Crippen molar-refractivity contribution in [3.8, 4) is 17.2 Å². The molecule has 2 N–H and O–H groups in total. The van der Waals surface area contributed by atoms with E-state index < -0.39 is 0 Å². The second-order valence-corrected chi connectivity index (χ2v) is 6.97. The molecule has 3 aromatic rings. The van der Waals surface area contributed by atoms with E-state index >= 15 is 0 Å². The van der Waals surface area contributed by atoms with Crippen LogP contribution in [0.15, 0.2) is 52.1 Å². The minimum absolute atomic E-state index is 0.137. The van der Waals surface area contributed by atoms with E-state index in [1.165, 1.54) is 12.1 Å². The van der Waals surface area contributed by atoms with Crippen molar-refractivity contribution < 1.29 is 14.3 Å². The Bertz CT molecular complexity index is 916. The predicted octanol–water partition coefficient (Wildman–Crippen LogP) is 4.16. The summed E-state index contributed by atoms with van der Waals surface area (Å²) >= 11 is 12.9. The van der Waals surface area contributed by atoms with Crippen LogP contribution < -0.4 is 5.32 Å². The van der Waals surface area contributed by atoms with Crippen molar-refractivity contribution in [2.24, 2.45) is 0 Å². The zero-order chi connectivity index (χ0) is 18.5. The number of hydrogen-bond acceptors (Lipinski definition) is 6. The highest BCUT2D eigenvalue weighted by molar-refractivity contribution is 7.99. The van der Waals surface area contributed by atoms with Crippen molar-refractivity contribution in [2.45, 2.75) is 11.8 Å². The van der Waals surface area contributed by atoms with Crippen LogP contribution in [0.25, 0.3) is 11.5 Å². The summed E-state index contributed by atoms with van der Waals surface area (Å²) in [4.78, 5) is 11.9. The highest BCUT2D eigenvalue weighted by Gasteiger charge is 2.11. The van der Waals surface area contributed by atoms with E-state index in [0.29, 0.717) is 28.0 Å². The fraction of sp³-hybridized carbons (Fsp3) is 0.118. The van der Waals surface area contributed by atoms with Crippen LogP contribution in [0.3, 0.4) is 0 Å². The number of phenolic OH excluding ortho intramolecular Hbond substituents is 1. The summed E-state index contributed by atoms with van der Waals surface area (Å²) < 4.78 is 5.50. The molecule has 0 atom stereocenters. The van der Waals surface area contributed by atoms with Crippen LogP contribution in [0.1, 0.15) is 5.56 Å². The maximum Gasteiger partial charge on any atom is 0.277 e. The molecule has 0 saturated carbocycles. The quantitative estimate of drug-likeness (QED) is 0.594. The minimum Gasteiger partial charge on any atom is -0.508 e. The van der Waals surface area contributed by atoms with Crippen LogP contribution in [-0.4, -0.2) is 27.0 Å². The van der Waals surface area contributed by atoms with Crippen LogP contribution in [0.4, 0.5) is 0 Å². The van der Waals surface area contributed by atoms with Gasteiger partial charge in [0.2, 0.25) is 11.8 Å². The lowest BCUT2D eigenvalue weighted by Crippen LogP contribution is -2.24. The van der Waals surface area contributed by atoms with Gasteiger partial charge >= 0.3 is 0 Å². The second kappa shape index (κ2) is 8.44. The molecule has 0 aliphatic heterocycles. The Morgan fingerprint density at radius 2 is 1.88 bits per heavy atom. The largest absolute Gasteiger partial charge is 0.508 e. The summed E-state index contributed by atoms with van der Waals surface area (Å²) in [5.41, 5.74) is 1.54. The summed E-state index contributed by atoms with van der Waals surface area (Å²) in [6.07, 6.45) is 0. The van der Waals surface area contributed by atoms with Gasteiger partial charge in [0.1, 0.15) is 5.75 Å². The Kier molecular flexibility index (Phi) is 6.03. The van der Waals surface area contributed by atoms with Gasteiger partial charge in [0, 0.05) is 12.1 Å². The molecular formula is C17H13Cl2N3O3S. The molecule has 3 rings (SSSR count). The minimum atomic E-state index is -0.176. The molecular weight excluding hydrogens is 397 g/mol. The number of amides is 1. The molecule has 26 heavy (non-hydrogen) atoms. The summed E-state index contributed by atoms with van der Waals surface area (Å²) in [7, 11) is 0. The maximum absolute atomic E-state index is 11.9. The Balaban J connectivity index is 1.50. The van der Waals surface area contributed by atoms with Crippen molar-refractivity contribution in [2.75, 3.05) is 5.75 Å². The monoisotopic (exact) mass is 409 g/mol. The summed E-state index contributed by atoms with van der Waals surface area (Å²) in [6.45, 7) is 0.346. The van der Waals surface area contributed by atoms with Gasteiger partial charge in [0.15, 0.2) is 0 Å². The zero-order valence-corrected chi connectivity index (χ0v) is 15.6. The average Bonchev–Trinajstić information content (AvgIpc) is 3.10. The number of nitrogens with zero attached hydrogens (tertiary/aromatic N) is 2. The number of halogens is 2. The average molecular weight is 410 g/mol. The summed E-state index contributed by atoms with van der Waals surface area (Å²) in [5, 5.41) is 21.1. The van der Waals surface area contributed by atoms with Crippen molar-refractivity contribution in [3.05, 3.63) is 58.1 Å². The Morgan fingerprint density at radius 1 is 1.12 bits per heavy atom. The number of rotatable bonds is 6. The van der Waals surface area contributed by atoms with Gasteiger partial charge in [0.25, 0.3) is 5.22 Å². The lowest BCUT2D eigenvalue weighted by Gasteiger charge is -2.05. The molecule has 1 aromatic heterocycles. The van der Waals surface area contributed by atoms with Gasteiger partial charge in [-0.25, -0.2) is 0 Å². The van der Waals surface area contributed by atoms with Crippen molar-refractivity contribution in [1.82, 2.24) is 15.5 Å². The number of carbonyl (C=O) groups excluding carboxylic acids is 1. The highest BCUT2D eigenvalue weighted by atomic mass is 35.5. The molecule has 0 saturated heterocycles. The summed E-state index contributed by atoms with van der Waals surface area (Å²) in [5.74, 6) is 0.439. The number of aromatic nitrogens is 2. The van der Waals surface area contributed by atoms with E-state index in [4.69, 9.17) is 27.6 Å². The number of hydrogen-bond donors (Lipinski definition) is 2. The van der Waals surface area contributed by atoms with Gasteiger partial charge in [-0.3, -0.25) is 4.79 Å². The third-order valence-corrected chi connectivity index (χ3v) is 4.88. The van der Waals surface area contributed by atoms with Crippen molar-refractivity contribution in [1.29, 1.82) is 0 Å². The van der Waals surface area contributed by atoms with Gasteiger partial charge in [-0.2, -0.15) is 0 Å². The normalized spacial score (nSPS) is 10.7. The van der Waals surface area contributed by atoms with Gasteiger partial charge < -0.3 is 14.8 Å². The van der Waals surface area contributed by atoms with Crippen LogP contribution >= 0.6 is 35.0 Å². The molecule has 0 spiro atoms. The Hall–Kier alpha value is -2.22. The van der Waals surface area contributed by atoms with E-state index in [-0.39, 0.29) is 22.6 Å². The predicted molar refractivity (Wildman–Crippen MR) is 100 cm³/mol. The highest BCUT2D eigenvalue weighted by Crippen LogP contribution is 2.25. The molecule has 0 fully saturated rings. The van der Waals surface area contributed by atoms with Crippen molar-refractivity contribution >= 4 is 40.9 Å². The second-order valence-electron chi connectivity index (χ2n) is 5.23. The number of carbonyl (C=O) groups is 1. The first-order chi connectivity index (χ1) is 12.5. The van der Waals surface area contributed by atoms with Crippen LogP contribution in [-0.2, 0) is 11.3 Å². The molecule has 0 aliphatic rings. The fourth-order valence-corrected chi connectivity index (χ4v) is 2.93. The van der Waals surface area contributed by atoms with E-state index in [1.54, 1.807) is 30.3 Å². The molecule has 0 radical (unpaired) electrons. The number of phenols is 1. The van der Waals surface area contributed by atoms with Crippen LogP contribution in [0, 0.1) is 0 Å². The molecule has 6 nitrogen and oxygen atoms in total. The number of aromatic hydroxyl groups is 1. The lowest BCUT2D eigenvalue weighted by molar-refractivity contribution is -0.118. The van der Waals surface area contributed by atoms with E-state index in [9.17, 15) is 9.90 Å². The third kappa shape index (κ3) is 4.91. The lowest BCUT2D eigenvalue weighted by atomic mass is 10.2. The number of thioether (sulfide) groups is 1. The standard InChI is InChI=1S/C17H13Cl2N3O3S/c18-13-6-1-10(7-14(13)19)8-20-15(24)9-26-17-22-21-16(25-17)11-2-4-12(23)5-3-11/h1-7,23H,8-9H2,(H,20,24). The molecule has 0 aliphatic carbocycles. The zero-order valence-electron chi connectivity index (χ0n) is 13.3. The molecule has 9 heteroatoms. The van der Waals surface area contributed by atoms with Gasteiger partial charge in [-0.15, -0.1) is 10.2 Å². The Morgan fingerprint density at radius 3 is 2.62 bits per heavy atom. The van der Waals surface area contributed by atoms with Crippen molar-refractivity contribution in [3.63, 3.8) is 0 Å². The van der Waals surface area contributed by atoms with Gasteiger partial charge in [-0.05, 0) is 42.0 Å². The first-order valence-electron chi connectivity index (χ1n) is 7.47. The summed E-state index contributed by atoms with van der Waals surface area (Å²) in [6, 6.07) is 11.6. The molecule has 1 amide bonds. The van der Waals surface area contributed by atoms with E-state index in [2.05, 4.69) is 15.5 Å².